The smallest absolute Gasteiger partial charge is 0.253 e. The van der Waals surface area contributed by atoms with Crippen LogP contribution in [0, 0.1) is 11.6 Å². The normalized spacial score (nSPS) is 12.6. The number of aromatic hydroxyl groups is 1. The maximum absolute atomic E-state index is 17.0. The predicted molar refractivity (Wildman–Crippen MR) is 337 cm³/mol. The van der Waals surface area contributed by atoms with Crippen LogP contribution in [0.2, 0.25) is 5.02 Å². The van der Waals surface area contributed by atoms with Crippen LogP contribution < -0.4 is 31.3 Å². The van der Waals surface area contributed by atoms with Gasteiger partial charge < -0.3 is 69.9 Å². The van der Waals surface area contributed by atoms with Crippen LogP contribution in [0.3, 0.4) is 0 Å². The Morgan fingerprint density at radius 2 is 1.42 bits per heavy atom. The Kier molecular flexibility index (Phi) is 25.0. The monoisotopic (exact) mass is 1330 g/mol. The Bertz CT molecular complexity index is 3710. The van der Waals surface area contributed by atoms with Crippen molar-refractivity contribution in [2.24, 2.45) is 5.73 Å². The van der Waals surface area contributed by atoms with Gasteiger partial charge in [0.15, 0.2) is 5.82 Å². The summed E-state index contributed by atoms with van der Waals surface area (Å²) in [4.78, 5) is 60.5. The standard InChI is InChI=1S/C60H68BrClF2N12O12S/c1-3-50(78)75-18-20-76(21-19-75)58-45-37-47(62)52(44-36-41(77)35-39-7-4-5-8-43(39)44)54(64)55(45)71-59(73-58)66-16-15-51(79)74(2)22-24-84-26-28-86-30-32-88-34-33-87-31-29-85-27-25-83-23-17-68-89(81,82)42-13-11-40(12-14-42)69-60-67-38-46(61)57(72-60)70-49-10-6-9-48(63)53(49)56(65)80/h3-14,35-38,68,77H,1,15-34H2,2H3,(H2,65,80)(H,66,71,73)(H2,67,69,70,72). The van der Waals surface area contributed by atoms with Crippen LogP contribution in [0.4, 0.5) is 43.7 Å². The predicted octanol–water partition coefficient (Wildman–Crippen LogP) is 7.40. The summed E-state index contributed by atoms with van der Waals surface area (Å²) in [6, 6.07) is 21.9. The van der Waals surface area contributed by atoms with E-state index in [2.05, 4.69) is 58.1 Å². The molecule has 0 aliphatic carbocycles. The molecule has 7 aromatic rings. The number of primary amides is 1. The van der Waals surface area contributed by atoms with E-state index >= 15 is 4.39 Å². The summed E-state index contributed by atoms with van der Waals surface area (Å²) in [5.74, 6) is -1.98. The number of sulfonamides is 1. The number of rotatable bonds is 35. The molecule has 1 aliphatic heterocycles. The molecule has 474 valence electrons. The lowest BCUT2D eigenvalue weighted by molar-refractivity contribution is -0.130. The Hall–Kier alpha value is -7.77. The largest absolute Gasteiger partial charge is 0.508 e. The number of benzene rings is 5. The van der Waals surface area contributed by atoms with Gasteiger partial charge >= 0.3 is 0 Å². The summed E-state index contributed by atoms with van der Waals surface area (Å²) >= 11 is 10.2. The minimum Gasteiger partial charge on any atom is -0.508 e. The Morgan fingerprint density at radius 1 is 0.775 bits per heavy atom. The minimum absolute atomic E-state index is 0.00334. The zero-order valence-electron chi connectivity index (χ0n) is 48.7. The fraction of sp³-hybridized carbons (Fsp3) is 0.350. The summed E-state index contributed by atoms with van der Waals surface area (Å²) < 4.78 is 93.3. The van der Waals surface area contributed by atoms with Crippen molar-refractivity contribution in [3.8, 4) is 16.9 Å². The number of amides is 3. The third kappa shape index (κ3) is 18.9. The molecule has 24 nitrogen and oxygen atoms in total. The van der Waals surface area contributed by atoms with Crippen LogP contribution in [0.5, 0.6) is 5.75 Å². The second kappa shape index (κ2) is 33.2. The molecule has 0 bridgehead atoms. The molecule has 7 N–H and O–H groups in total. The lowest BCUT2D eigenvalue weighted by atomic mass is 9.96. The van der Waals surface area contributed by atoms with Gasteiger partial charge in [-0.3, -0.25) is 14.4 Å². The van der Waals surface area contributed by atoms with E-state index in [9.17, 15) is 32.3 Å². The molecule has 0 radical (unpaired) electrons. The van der Waals surface area contributed by atoms with Gasteiger partial charge in [-0.05, 0) is 92.9 Å². The third-order valence-corrected chi connectivity index (χ3v) is 16.1. The molecule has 8 rings (SSSR count). The second-order valence-electron chi connectivity index (χ2n) is 19.8. The summed E-state index contributed by atoms with van der Waals surface area (Å²) in [5, 5.41) is 21.4. The molecular formula is C60H68BrClF2N12O12S. The first kappa shape index (κ1) is 67.2. The van der Waals surface area contributed by atoms with Crippen molar-refractivity contribution in [1.82, 2.24) is 34.5 Å². The van der Waals surface area contributed by atoms with Crippen LogP contribution >= 0.6 is 27.5 Å². The van der Waals surface area contributed by atoms with E-state index in [0.717, 1.165) is 6.07 Å². The van der Waals surface area contributed by atoms with Crippen molar-refractivity contribution in [1.29, 1.82) is 0 Å². The van der Waals surface area contributed by atoms with E-state index in [1.54, 1.807) is 29.0 Å². The molecule has 1 saturated heterocycles. The molecular weight excluding hydrogens is 1270 g/mol. The number of phenolic OH excluding ortho intramolecular Hbond substituents is 1. The van der Waals surface area contributed by atoms with Crippen LogP contribution in [-0.2, 0) is 48.0 Å². The summed E-state index contributed by atoms with van der Waals surface area (Å²) in [7, 11) is -2.16. The van der Waals surface area contributed by atoms with Crippen LogP contribution in [-0.4, -0.2) is 193 Å². The lowest BCUT2D eigenvalue weighted by Gasteiger charge is -2.35. The van der Waals surface area contributed by atoms with Crippen molar-refractivity contribution in [3.05, 3.63) is 130 Å². The Labute approximate surface area is 526 Å². The van der Waals surface area contributed by atoms with Gasteiger partial charge in [0.2, 0.25) is 33.7 Å². The number of likely N-dealkylation sites (N-methyl/N-ethyl adjacent to an activating group) is 1. The van der Waals surface area contributed by atoms with E-state index in [-0.39, 0.29) is 113 Å². The molecule has 2 aromatic heterocycles. The highest BCUT2D eigenvalue weighted by atomic mass is 79.9. The lowest BCUT2D eigenvalue weighted by Crippen LogP contribution is -2.48. The molecule has 1 aliphatic rings. The van der Waals surface area contributed by atoms with E-state index in [1.807, 2.05) is 29.2 Å². The average Bonchev–Trinajstić information content (AvgIpc) is 0.950. The number of ether oxygens (including phenoxy) is 6. The van der Waals surface area contributed by atoms with Crippen molar-refractivity contribution in [2.45, 2.75) is 11.3 Å². The molecule has 3 amide bonds. The molecule has 29 heteroatoms. The van der Waals surface area contributed by atoms with Gasteiger partial charge in [0.05, 0.1) is 105 Å². The van der Waals surface area contributed by atoms with Crippen LogP contribution in [0.1, 0.15) is 16.8 Å². The topological polar surface area (TPSA) is 296 Å². The Morgan fingerprint density at radius 3 is 2.07 bits per heavy atom. The molecule has 0 atom stereocenters. The highest BCUT2D eigenvalue weighted by Gasteiger charge is 2.27. The quantitative estimate of drug-likeness (QED) is 0.0167. The molecule has 0 spiro atoms. The number of hydrogen-bond donors (Lipinski definition) is 6. The fourth-order valence-corrected chi connectivity index (χ4v) is 10.8. The second-order valence-corrected chi connectivity index (χ2v) is 22.8. The summed E-state index contributed by atoms with van der Waals surface area (Å²) in [6.07, 6.45) is 2.80. The highest BCUT2D eigenvalue weighted by molar-refractivity contribution is 9.10. The molecule has 0 unspecified atom stereocenters. The third-order valence-electron chi connectivity index (χ3n) is 13.7. The molecule has 89 heavy (non-hydrogen) atoms. The number of halogens is 4. The van der Waals surface area contributed by atoms with Crippen molar-refractivity contribution >= 4 is 112 Å². The highest BCUT2D eigenvalue weighted by Crippen LogP contribution is 2.42. The number of carbonyl (C=O) groups is 3. The number of hydrogen-bond acceptors (Lipinski definition) is 20. The first-order valence-corrected chi connectivity index (χ1v) is 30.9. The maximum atomic E-state index is 17.0. The Balaban J connectivity index is 0.638. The van der Waals surface area contributed by atoms with Gasteiger partial charge in [-0.25, -0.2) is 31.9 Å². The fourth-order valence-electron chi connectivity index (χ4n) is 9.22. The number of aromatic nitrogens is 4. The van der Waals surface area contributed by atoms with Crippen molar-refractivity contribution in [3.63, 3.8) is 0 Å². The maximum Gasteiger partial charge on any atom is 0.253 e. The van der Waals surface area contributed by atoms with Crippen molar-refractivity contribution < 1.29 is 65.1 Å². The number of fused-ring (bicyclic) bond motifs is 2. The van der Waals surface area contributed by atoms with E-state index in [4.69, 9.17) is 50.7 Å². The van der Waals surface area contributed by atoms with Gasteiger partial charge in [-0.1, -0.05) is 48.5 Å². The van der Waals surface area contributed by atoms with Crippen LogP contribution in [0.15, 0.2) is 113 Å². The number of phenols is 1. The number of anilines is 6. The van der Waals surface area contributed by atoms with Gasteiger partial charge in [0.25, 0.3) is 5.91 Å². The number of nitrogens with zero attached hydrogens (tertiary/aromatic N) is 7. The summed E-state index contributed by atoms with van der Waals surface area (Å²) in [5.41, 5.74) is 6.10. The van der Waals surface area contributed by atoms with Gasteiger partial charge in [-0.15, -0.1) is 0 Å². The number of piperazine rings is 1. The zero-order chi connectivity index (χ0) is 63.3. The molecule has 0 saturated carbocycles. The van der Waals surface area contributed by atoms with Gasteiger partial charge in [-0.2, -0.15) is 9.97 Å². The van der Waals surface area contributed by atoms with Gasteiger partial charge in [0, 0.05) is 82.1 Å². The average molecular weight is 1330 g/mol. The van der Waals surface area contributed by atoms with Crippen LogP contribution in [0.25, 0.3) is 32.8 Å². The minimum atomic E-state index is -3.84. The number of nitrogens with one attached hydrogen (secondary N) is 4. The molecule has 1 fully saturated rings. The SMILES string of the molecule is C=CC(=O)N1CCN(c2nc(NCCC(=O)N(C)CCOCCOCCOCCOCCOCCOCCNS(=O)(=O)c3ccc(Nc4ncc(Br)c(Nc5cccc(F)c5C(N)=O)n4)cc3)nc3c(F)c(-c4cc(O)cc5ccccc45)c(Cl)cc23)CC1. The molecule has 3 heterocycles. The summed E-state index contributed by atoms with van der Waals surface area (Å²) in [6.45, 7) is 9.41. The number of carbonyl (C=O) groups excluding carboxylic acids is 3. The first-order chi connectivity index (χ1) is 43.0. The van der Waals surface area contributed by atoms with E-state index in [1.165, 1.54) is 54.7 Å². The van der Waals surface area contributed by atoms with E-state index < -0.39 is 27.6 Å². The van der Waals surface area contributed by atoms with Crippen molar-refractivity contribution in [2.75, 3.05) is 153 Å². The number of nitrogens with two attached hydrogens (primary N) is 1. The van der Waals surface area contributed by atoms with E-state index in [0.29, 0.717) is 123 Å². The molecule has 5 aromatic carbocycles. The van der Waals surface area contributed by atoms with Gasteiger partial charge in [0.1, 0.15) is 28.7 Å². The zero-order valence-corrected chi connectivity index (χ0v) is 51.8. The first-order valence-electron chi connectivity index (χ1n) is 28.3.